The van der Waals surface area contributed by atoms with Crippen molar-refractivity contribution >= 4 is 29.9 Å². The van der Waals surface area contributed by atoms with Gasteiger partial charge in [-0.3, -0.25) is 9.59 Å². The van der Waals surface area contributed by atoms with E-state index in [9.17, 15) is 9.59 Å². The van der Waals surface area contributed by atoms with Gasteiger partial charge in [-0.2, -0.15) is 0 Å². The molecule has 1 unspecified atom stereocenters. The quantitative estimate of drug-likeness (QED) is 0.608. The predicted octanol–water partition coefficient (Wildman–Crippen LogP) is 1.47. The molecule has 9 heteroatoms. The zero-order valence-corrected chi connectivity index (χ0v) is 16.7. The van der Waals surface area contributed by atoms with E-state index >= 15 is 0 Å². The second kappa shape index (κ2) is 10.3. The van der Waals surface area contributed by atoms with Gasteiger partial charge in [0, 0.05) is 18.9 Å². The number of rotatable bonds is 8. The number of anilines is 1. The van der Waals surface area contributed by atoms with Crippen LogP contribution in [0.15, 0.2) is 18.2 Å². The number of hydrogen-bond donors (Lipinski definition) is 3. The maximum Gasteiger partial charge on any atom is 0.250 e. The number of halogens is 1. The second-order valence-corrected chi connectivity index (χ2v) is 6.36. The minimum Gasteiger partial charge on any atom is -0.493 e. The van der Waals surface area contributed by atoms with Crippen LogP contribution in [0.1, 0.15) is 25.7 Å². The maximum atomic E-state index is 12.9. The largest absolute Gasteiger partial charge is 0.493 e. The van der Waals surface area contributed by atoms with Gasteiger partial charge in [-0.1, -0.05) is 12.8 Å². The predicted molar refractivity (Wildman–Crippen MR) is 105 cm³/mol. The summed E-state index contributed by atoms with van der Waals surface area (Å²) >= 11 is 0. The normalized spacial score (nSPS) is 16.0. The number of carbonyl (C=O) groups excluding carboxylic acids is 2. The van der Waals surface area contributed by atoms with Gasteiger partial charge in [-0.15, -0.1) is 12.4 Å². The van der Waals surface area contributed by atoms with Crippen molar-refractivity contribution in [3.8, 4) is 11.5 Å². The van der Waals surface area contributed by atoms with Crippen molar-refractivity contribution in [1.82, 2.24) is 5.32 Å². The number of methoxy groups -OCH3 is 3. The van der Waals surface area contributed by atoms with E-state index in [4.69, 9.17) is 19.9 Å². The summed E-state index contributed by atoms with van der Waals surface area (Å²) in [4.78, 5) is 25.2. The van der Waals surface area contributed by atoms with E-state index in [-0.39, 0.29) is 24.9 Å². The lowest BCUT2D eigenvalue weighted by Gasteiger charge is -2.30. The molecule has 0 spiro atoms. The first-order chi connectivity index (χ1) is 12.5. The summed E-state index contributed by atoms with van der Waals surface area (Å²) < 4.78 is 15.4. The summed E-state index contributed by atoms with van der Waals surface area (Å²) in [5.74, 6) is 0.424. The van der Waals surface area contributed by atoms with Gasteiger partial charge in [0.1, 0.15) is 11.6 Å². The fraction of sp³-hybridized carbons (Fsp3) is 0.556. The molecule has 2 amide bonds. The molecule has 0 aromatic heterocycles. The minimum absolute atomic E-state index is 0. The van der Waals surface area contributed by atoms with E-state index < -0.39 is 17.5 Å². The average Bonchev–Trinajstić information content (AvgIpc) is 3.11. The third-order valence-corrected chi connectivity index (χ3v) is 4.58. The van der Waals surface area contributed by atoms with Gasteiger partial charge < -0.3 is 30.6 Å². The summed E-state index contributed by atoms with van der Waals surface area (Å²) in [5.41, 5.74) is 5.39. The molecule has 0 aliphatic heterocycles. The third-order valence-electron chi connectivity index (χ3n) is 4.58. The molecule has 2 rings (SSSR count). The van der Waals surface area contributed by atoms with E-state index in [0.717, 1.165) is 12.8 Å². The molecule has 1 aromatic carbocycles. The molecule has 1 aliphatic rings. The highest BCUT2D eigenvalue weighted by Gasteiger charge is 2.43. The molecule has 1 fully saturated rings. The molecule has 27 heavy (non-hydrogen) atoms. The van der Waals surface area contributed by atoms with Crippen LogP contribution in [0.25, 0.3) is 0 Å². The van der Waals surface area contributed by atoms with Crippen molar-refractivity contribution in [2.45, 2.75) is 37.3 Å². The summed E-state index contributed by atoms with van der Waals surface area (Å²) in [5, 5.41) is 5.70. The summed E-state index contributed by atoms with van der Waals surface area (Å²) in [6.45, 7) is 0.0964. The first-order valence-electron chi connectivity index (χ1n) is 8.56. The molecule has 0 radical (unpaired) electrons. The SMILES string of the molecule is COCC(N)C(=O)NC1(C(=O)Nc2ccc(OC)c(OC)c2)CCCC1.Cl. The lowest BCUT2D eigenvalue weighted by atomic mass is 9.95. The topological polar surface area (TPSA) is 112 Å². The Morgan fingerprint density at radius 1 is 1.15 bits per heavy atom. The van der Waals surface area contributed by atoms with Crippen LogP contribution in [0.3, 0.4) is 0 Å². The first kappa shape index (κ1) is 23.0. The second-order valence-electron chi connectivity index (χ2n) is 6.36. The summed E-state index contributed by atoms with van der Waals surface area (Å²) in [6.07, 6.45) is 2.85. The highest BCUT2D eigenvalue weighted by molar-refractivity contribution is 6.01. The van der Waals surface area contributed by atoms with Gasteiger partial charge in [-0.25, -0.2) is 0 Å². The Morgan fingerprint density at radius 2 is 1.78 bits per heavy atom. The minimum atomic E-state index is -0.963. The number of nitrogens with one attached hydrogen (secondary N) is 2. The molecule has 1 aromatic rings. The van der Waals surface area contributed by atoms with E-state index in [1.54, 1.807) is 25.3 Å². The molecular formula is C18H28ClN3O5. The van der Waals surface area contributed by atoms with E-state index in [1.165, 1.54) is 14.2 Å². The van der Waals surface area contributed by atoms with Crippen LogP contribution < -0.4 is 25.8 Å². The molecule has 4 N–H and O–H groups in total. The van der Waals surface area contributed by atoms with Crippen molar-refractivity contribution in [1.29, 1.82) is 0 Å². The van der Waals surface area contributed by atoms with Gasteiger partial charge in [-0.05, 0) is 25.0 Å². The van der Waals surface area contributed by atoms with Crippen LogP contribution in [-0.4, -0.2) is 51.3 Å². The number of amides is 2. The molecule has 0 bridgehead atoms. The molecule has 8 nitrogen and oxygen atoms in total. The van der Waals surface area contributed by atoms with E-state index in [0.29, 0.717) is 30.0 Å². The number of ether oxygens (including phenoxy) is 3. The van der Waals surface area contributed by atoms with Gasteiger partial charge in [0.15, 0.2) is 11.5 Å². The molecule has 1 aliphatic carbocycles. The number of hydrogen-bond acceptors (Lipinski definition) is 6. The molecule has 1 saturated carbocycles. The lowest BCUT2D eigenvalue weighted by Crippen LogP contribution is -2.59. The van der Waals surface area contributed by atoms with Gasteiger partial charge in [0.25, 0.3) is 0 Å². The number of carbonyl (C=O) groups is 2. The van der Waals surface area contributed by atoms with Gasteiger partial charge in [0.05, 0.1) is 20.8 Å². The number of nitrogens with two attached hydrogens (primary N) is 1. The molecule has 152 valence electrons. The summed E-state index contributed by atoms with van der Waals surface area (Å²) in [7, 11) is 4.55. The third kappa shape index (κ3) is 5.47. The van der Waals surface area contributed by atoms with Crippen molar-refractivity contribution in [3.63, 3.8) is 0 Å². The van der Waals surface area contributed by atoms with Crippen molar-refractivity contribution in [2.24, 2.45) is 5.73 Å². The molecular weight excluding hydrogens is 374 g/mol. The zero-order valence-electron chi connectivity index (χ0n) is 15.9. The Balaban J connectivity index is 0.00000364. The Kier molecular flexibility index (Phi) is 8.81. The highest BCUT2D eigenvalue weighted by atomic mass is 35.5. The Morgan fingerprint density at radius 3 is 2.33 bits per heavy atom. The zero-order chi connectivity index (χ0) is 19.2. The smallest absolute Gasteiger partial charge is 0.250 e. The standard InChI is InChI=1S/C18H27N3O5.ClH/c1-24-11-13(19)16(22)21-18(8-4-5-9-18)17(23)20-12-6-7-14(25-2)15(10-12)26-3;/h6-7,10,13H,4-5,8-9,11,19H2,1-3H3,(H,20,23)(H,21,22);1H. The first-order valence-corrected chi connectivity index (χ1v) is 8.56. The van der Waals surface area contributed by atoms with E-state index in [2.05, 4.69) is 10.6 Å². The van der Waals surface area contributed by atoms with Crippen LogP contribution in [-0.2, 0) is 14.3 Å². The van der Waals surface area contributed by atoms with Crippen LogP contribution >= 0.6 is 12.4 Å². The van der Waals surface area contributed by atoms with Gasteiger partial charge >= 0.3 is 0 Å². The van der Waals surface area contributed by atoms with E-state index in [1.807, 2.05) is 0 Å². The van der Waals surface area contributed by atoms with Crippen molar-refractivity contribution in [3.05, 3.63) is 18.2 Å². The van der Waals surface area contributed by atoms with Crippen LogP contribution in [0.4, 0.5) is 5.69 Å². The van der Waals surface area contributed by atoms with Crippen LogP contribution in [0.2, 0.25) is 0 Å². The van der Waals surface area contributed by atoms with Crippen LogP contribution in [0, 0.1) is 0 Å². The van der Waals surface area contributed by atoms with Gasteiger partial charge in [0.2, 0.25) is 11.8 Å². The average molecular weight is 402 g/mol. The van der Waals surface area contributed by atoms with Crippen molar-refractivity contribution in [2.75, 3.05) is 33.3 Å². The Hall–Kier alpha value is -2.03. The molecule has 0 heterocycles. The molecule has 0 saturated heterocycles. The van der Waals surface area contributed by atoms with Crippen LogP contribution in [0.5, 0.6) is 11.5 Å². The number of benzene rings is 1. The fourth-order valence-electron chi connectivity index (χ4n) is 3.14. The lowest BCUT2D eigenvalue weighted by molar-refractivity contribution is -0.131. The Bertz CT molecular complexity index is 650. The fourth-order valence-corrected chi connectivity index (χ4v) is 3.14. The van der Waals surface area contributed by atoms with Crippen molar-refractivity contribution < 1.29 is 23.8 Å². The summed E-state index contributed by atoms with van der Waals surface area (Å²) in [6, 6.07) is 4.30. The monoisotopic (exact) mass is 401 g/mol. The Labute approximate surface area is 165 Å². The maximum absolute atomic E-state index is 12.9. The molecule has 1 atom stereocenters. The highest BCUT2D eigenvalue weighted by Crippen LogP contribution is 2.33.